The van der Waals surface area contributed by atoms with Crippen LogP contribution in [0.15, 0.2) is 4.79 Å². The molecule has 6 heteroatoms. The van der Waals surface area contributed by atoms with Crippen LogP contribution in [0, 0.1) is 4.77 Å². The summed E-state index contributed by atoms with van der Waals surface area (Å²) < 4.78 is 7.32. The second-order valence-corrected chi connectivity index (χ2v) is 3.94. The summed E-state index contributed by atoms with van der Waals surface area (Å²) in [6.07, 6.45) is 3.07. The first-order valence-electron chi connectivity index (χ1n) is 4.64. The number of aromatic nitrogens is 3. The van der Waals surface area contributed by atoms with Gasteiger partial charge in [-0.05, 0) is 31.5 Å². The number of ether oxygens (including phenoxy) is 1. The number of rotatable bonds is 2. The van der Waals surface area contributed by atoms with E-state index in [0.717, 1.165) is 19.3 Å². The first-order chi connectivity index (χ1) is 6.72. The lowest BCUT2D eigenvalue weighted by Crippen LogP contribution is -2.21. The monoisotopic (exact) mass is 215 g/mol. The zero-order valence-electron chi connectivity index (χ0n) is 7.95. The van der Waals surface area contributed by atoms with E-state index in [1.54, 1.807) is 11.7 Å². The summed E-state index contributed by atoms with van der Waals surface area (Å²) in [5, 5.41) is 5.13. The molecule has 2 N–H and O–H groups in total. The number of nitrogens with zero attached hydrogens (tertiary/aromatic N) is 1. The first kappa shape index (κ1) is 9.67. The van der Waals surface area contributed by atoms with Crippen LogP contribution in [0.1, 0.15) is 25.3 Å². The highest BCUT2D eigenvalue weighted by molar-refractivity contribution is 7.71. The number of aromatic amines is 2. The van der Waals surface area contributed by atoms with Gasteiger partial charge in [0.15, 0.2) is 4.77 Å². The lowest BCUT2D eigenvalue weighted by Gasteiger charge is -2.09. The van der Waals surface area contributed by atoms with Crippen molar-refractivity contribution in [2.75, 3.05) is 7.11 Å². The Morgan fingerprint density at radius 2 is 2.29 bits per heavy atom. The zero-order chi connectivity index (χ0) is 10.1. The third-order valence-electron chi connectivity index (χ3n) is 2.77. The van der Waals surface area contributed by atoms with Gasteiger partial charge in [0.1, 0.15) is 0 Å². The van der Waals surface area contributed by atoms with Crippen molar-refractivity contribution in [2.45, 2.75) is 31.4 Å². The van der Waals surface area contributed by atoms with Gasteiger partial charge in [0.25, 0.3) is 0 Å². The van der Waals surface area contributed by atoms with Crippen molar-refractivity contribution in [3.8, 4) is 0 Å². The summed E-state index contributed by atoms with van der Waals surface area (Å²) in [5.41, 5.74) is -0.156. The van der Waals surface area contributed by atoms with Crippen LogP contribution in [0.3, 0.4) is 0 Å². The standard InChI is InChI=1S/C8H13N3O2S/c1-13-6-3-2-5(4-6)11-7(12)9-10-8(11)14/h5-6H,2-4H2,1H3,(H,9,12)(H,10,14). The normalized spacial score (nSPS) is 26.9. The smallest absolute Gasteiger partial charge is 0.342 e. The van der Waals surface area contributed by atoms with Gasteiger partial charge in [0.05, 0.1) is 6.10 Å². The van der Waals surface area contributed by atoms with Crippen LogP contribution < -0.4 is 5.69 Å². The molecule has 2 atom stereocenters. The highest BCUT2D eigenvalue weighted by atomic mass is 32.1. The third kappa shape index (κ3) is 1.55. The summed E-state index contributed by atoms with van der Waals surface area (Å²) in [6, 6.07) is 0.183. The fraction of sp³-hybridized carbons (Fsp3) is 0.750. The summed E-state index contributed by atoms with van der Waals surface area (Å²) in [4.78, 5) is 11.4. The van der Waals surface area contributed by atoms with Gasteiger partial charge in [-0.15, -0.1) is 0 Å². The molecule has 1 aliphatic rings. The maximum Gasteiger partial charge on any atom is 0.342 e. The molecule has 0 radical (unpaired) electrons. The molecule has 0 aliphatic heterocycles. The minimum Gasteiger partial charge on any atom is -0.381 e. The predicted molar refractivity (Wildman–Crippen MR) is 53.9 cm³/mol. The Morgan fingerprint density at radius 3 is 2.79 bits per heavy atom. The second kappa shape index (κ2) is 3.70. The molecule has 2 unspecified atom stereocenters. The van der Waals surface area contributed by atoms with E-state index in [1.807, 2.05) is 0 Å². The Hall–Kier alpha value is -0.880. The molecule has 0 amide bonds. The van der Waals surface area contributed by atoms with Crippen LogP contribution in [-0.4, -0.2) is 28.0 Å². The van der Waals surface area contributed by atoms with Crippen molar-refractivity contribution in [1.82, 2.24) is 14.8 Å². The maximum atomic E-state index is 11.4. The van der Waals surface area contributed by atoms with E-state index in [-0.39, 0.29) is 17.8 Å². The van der Waals surface area contributed by atoms with E-state index in [9.17, 15) is 4.79 Å². The lowest BCUT2D eigenvalue weighted by molar-refractivity contribution is 0.105. The highest BCUT2D eigenvalue weighted by Gasteiger charge is 2.27. The zero-order valence-corrected chi connectivity index (χ0v) is 8.76. The molecular formula is C8H13N3O2S. The quantitative estimate of drug-likeness (QED) is 0.723. The molecule has 5 nitrogen and oxygen atoms in total. The Bertz CT molecular complexity index is 391. The Morgan fingerprint density at radius 1 is 1.50 bits per heavy atom. The minimum atomic E-state index is -0.156. The van der Waals surface area contributed by atoms with Crippen LogP contribution in [0.5, 0.6) is 0 Å². The van der Waals surface area contributed by atoms with E-state index in [0.29, 0.717) is 4.77 Å². The molecule has 0 spiro atoms. The van der Waals surface area contributed by atoms with Gasteiger partial charge in [-0.25, -0.2) is 9.89 Å². The lowest BCUT2D eigenvalue weighted by atomic mass is 10.2. The molecule has 0 aromatic carbocycles. The van der Waals surface area contributed by atoms with Gasteiger partial charge in [-0.3, -0.25) is 9.67 Å². The molecule has 1 aromatic rings. The molecule has 1 fully saturated rings. The van der Waals surface area contributed by atoms with Gasteiger partial charge in [0.2, 0.25) is 0 Å². The molecule has 0 saturated heterocycles. The van der Waals surface area contributed by atoms with Crippen molar-refractivity contribution in [2.24, 2.45) is 0 Å². The van der Waals surface area contributed by atoms with Gasteiger partial charge >= 0.3 is 5.69 Å². The van der Waals surface area contributed by atoms with E-state index in [2.05, 4.69) is 10.2 Å². The van der Waals surface area contributed by atoms with Crippen molar-refractivity contribution < 1.29 is 4.74 Å². The van der Waals surface area contributed by atoms with Crippen LogP contribution >= 0.6 is 12.2 Å². The molecule has 2 rings (SSSR count). The topological polar surface area (TPSA) is 62.8 Å². The predicted octanol–water partition coefficient (Wildman–Crippen LogP) is 0.974. The number of nitrogens with one attached hydrogen (secondary N) is 2. The molecule has 0 bridgehead atoms. The van der Waals surface area contributed by atoms with Gasteiger partial charge in [-0.1, -0.05) is 0 Å². The number of hydrogen-bond acceptors (Lipinski definition) is 3. The fourth-order valence-corrected chi connectivity index (χ4v) is 2.30. The summed E-state index contributed by atoms with van der Waals surface area (Å²) in [5.74, 6) is 0. The van der Waals surface area contributed by atoms with E-state index >= 15 is 0 Å². The summed E-state index contributed by atoms with van der Waals surface area (Å²) in [6.45, 7) is 0. The van der Waals surface area contributed by atoms with Crippen LogP contribution in [0.25, 0.3) is 0 Å². The molecule has 1 heterocycles. The molecule has 78 valence electrons. The maximum absolute atomic E-state index is 11.4. The summed E-state index contributed by atoms with van der Waals surface area (Å²) in [7, 11) is 1.70. The van der Waals surface area contributed by atoms with E-state index in [1.165, 1.54) is 0 Å². The summed E-state index contributed by atoms with van der Waals surface area (Å²) >= 11 is 5.02. The number of hydrogen-bond donors (Lipinski definition) is 2. The second-order valence-electron chi connectivity index (χ2n) is 3.55. The van der Waals surface area contributed by atoms with E-state index < -0.39 is 0 Å². The molecule has 1 aliphatic carbocycles. The Kier molecular flexibility index (Phi) is 2.56. The Balaban J connectivity index is 2.25. The largest absolute Gasteiger partial charge is 0.381 e. The van der Waals surface area contributed by atoms with Crippen molar-refractivity contribution in [1.29, 1.82) is 0 Å². The minimum absolute atomic E-state index is 0.156. The number of methoxy groups -OCH3 is 1. The van der Waals surface area contributed by atoms with Crippen molar-refractivity contribution in [3.63, 3.8) is 0 Å². The average Bonchev–Trinajstić information content (AvgIpc) is 2.73. The third-order valence-corrected chi connectivity index (χ3v) is 3.07. The molecule has 1 saturated carbocycles. The van der Waals surface area contributed by atoms with Crippen molar-refractivity contribution >= 4 is 12.2 Å². The molecule has 14 heavy (non-hydrogen) atoms. The van der Waals surface area contributed by atoms with Crippen LogP contribution in [-0.2, 0) is 4.74 Å². The van der Waals surface area contributed by atoms with Crippen LogP contribution in [0.4, 0.5) is 0 Å². The van der Waals surface area contributed by atoms with Crippen molar-refractivity contribution in [3.05, 3.63) is 15.3 Å². The van der Waals surface area contributed by atoms with Gasteiger partial charge in [0, 0.05) is 13.2 Å². The van der Waals surface area contributed by atoms with Gasteiger partial charge < -0.3 is 4.74 Å². The fourth-order valence-electron chi connectivity index (χ4n) is 2.02. The average molecular weight is 215 g/mol. The highest BCUT2D eigenvalue weighted by Crippen LogP contribution is 2.30. The first-order valence-corrected chi connectivity index (χ1v) is 5.05. The Labute approximate surface area is 86.1 Å². The number of H-pyrrole nitrogens is 2. The van der Waals surface area contributed by atoms with E-state index in [4.69, 9.17) is 17.0 Å². The molecule has 1 aromatic heterocycles. The SMILES string of the molecule is COC1CCC(n2c(=O)[nH][nH]c2=S)C1. The molecular weight excluding hydrogens is 202 g/mol. The van der Waals surface area contributed by atoms with Gasteiger partial charge in [-0.2, -0.15) is 0 Å². The van der Waals surface area contributed by atoms with Crippen LogP contribution in [0.2, 0.25) is 0 Å².